The Morgan fingerprint density at radius 2 is 1.90 bits per heavy atom. The van der Waals surface area contributed by atoms with E-state index >= 15 is 0 Å². The van der Waals surface area contributed by atoms with Crippen LogP contribution in [0.25, 0.3) is 0 Å². The van der Waals surface area contributed by atoms with Crippen LogP contribution in [-0.4, -0.2) is 75.9 Å². The Kier molecular flexibility index (Phi) is 7.14. The van der Waals surface area contributed by atoms with E-state index < -0.39 is 43.4 Å². The van der Waals surface area contributed by atoms with Gasteiger partial charge in [-0.05, 0) is 44.8 Å². The zero-order valence-electron chi connectivity index (χ0n) is 17.1. The maximum absolute atomic E-state index is 12.1. The van der Waals surface area contributed by atoms with Crippen molar-refractivity contribution in [2.75, 3.05) is 6.61 Å². The summed E-state index contributed by atoms with van der Waals surface area (Å²) in [7, 11) is 0. The van der Waals surface area contributed by atoms with Gasteiger partial charge < -0.3 is 34.6 Å². The molecule has 0 bridgehead atoms. The van der Waals surface area contributed by atoms with E-state index in [2.05, 4.69) is 6.08 Å². The van der Waals surface area contributed by atoms with E-state index in [1.165, 1.54) is 5.57 Å². The standard InChI is InChI=1S/C21H32O8/c1-10-4-6-13-12(3)20(26)27-15(13)8-11(2)14(7-5-10)28-21-19(25)18(24)17(23)16(9-22)29-21/h5,8,12-19,21-25H,4,6-7,9H2,1-3H3. The number of carbonyl (C=O) groups excluding carboxylic acids is 1. The summed E-state index contributed by atoms with van der Waals surface area (Å²) < 4.78 is 17.0. The molecular weight excluding hydrogens is 380 g/mol. The number of fused-ring (bicyclic) bond motifs is 1. The van der Waals surface area contributed by atoms with Gasteiger partial charge in [0.25, 0.3) is 0 Å². The van der Waals surface area contributed by atoms with Crippen LogP contribution in [0.3, 0.4) is 0 Å². The molecule has 0 radical (unpaired) electrons. The topological polar surface area (TPSA) is 126 Å². The van der Waals surface area contributed by atoms with Gasteiger partial charge >= 0.3 is 5.97 Å². The minimum Gasteiger partial charge on any atom is -0.458 e. The van der Waals surface area contributed by atoms with Crippen molar-refractivity contribution in [2.45, 2.75) is 82.9 Å². The zero-order valence-corrected chi connectivity index (χ0v) is 17.1. The fourth-order valence-electron chi connectivity index (χ4n) is 4.22. The van der Waals surface area contributed by atoms with Gasteiger partial charge in [-0.3, -0.25) is 4.79 Å². The molecule has 2 saturated heterocycles. The van der Waals surface area contributed by atoms with Gasteiger partial charge in [-0.15, -0.1) is 0 Å². The molecule has 0 spiro atoms. The molecule has 2 heterocycles. The Labute approximate surface area is 170 Å². The van der Waals surface area contributed by atoms with Gasteiger partial charge in [0, 0.05) is 5.92 Å². The summed E-state index contributed by atoms with van der Waals surface area (Å²) in [6.45, 7) is 5.28. The average Bonchev–Trinajstić information content (AvgIpc) is 2.95. The molecule has 0 aromatic heterocycles. The lowest BCUT2D eigenvalue weighted by molar-refractivity contribution is -0.308. The highest BCUT2D eigenvalue weighted by Gasteiger charge is 2.45. The van der Waals surface area contributed by atoms with E-state index in [1.54, 1.807) is 0 Å². The van der Waals surface area contributed by atoms with Gasteiger partial charge in [-0.1, -0.05) is 18.6 Å². The number of allylic oxidation sites excluding steroid dienone is 1. The molecule has 0 aromatic carbocycles. The third-order valence-electron chi connectivity index (χ3n) is 6.32. The molecule has 9 unspecified atom stereocenters. The fraction of sp³-hybridized carbons (Fsp3) is 0.762. The molecule has 29 heavy (non-hydrogen) atoms. The minimum absolute atomic E-state index is 0.0896. The van der Waals surface area contributed by atoms with Gasteiger partial charge in [0.1, 0.15) is 30.5 Å². The normalized spacial score (nSPS) is 43.8. The van der Waals surface area contributed by atoms with Crippen molar-refractivity contribution in [1.82, 2.24) is 0 Å². The van der Waals surface area contributed by atoms with E-state index in [9.17, 15) is 25.2 Å². The Morgan fingerprint density at radius 1 is 1.17 bits per heavy atom. The van der Waals surface area contributed by atoms with Gasteiger partial charge in [0.2, 0.25) is 0 Å². The quantitative estimate of drug-likeness (QED) is 0.388. The first-order valence-electron chi connectivity index (χ1n) is 10.2. The first kappa shape index (κ1) is 22.4. The number of esters is 1. The number of ether oxygens (including phenoxy) is 3. The predicted octanol–water partition coefficient (Wildman–Crippen LogP) is 0.426. The number of aliphatic hydroxyl groups is 4. The minimum atomic E-state index is -1.49. The van der Waals surface area contributed by atoms with Crippen LogP contribution in [0.15, 0.2) is 23.3 Å². The Bertz CT molecular complexity index is 657. The van der Waals surface area contributed by atoms with E-state index in [1.807, 2.05) is 26.8 Å². The average molecular weight is 412 g/mol. The number of rotatable bonds is 3. The first-order valence-corrected chi connectivity index (χ1v) is 10.2. The van der Waals surface area contributed by atoms with Crippen LogP contribution in [0.2, 0.25) is 0 Å². The van der Waals surface area contributed by atoms with Crippen LogP contribution >= 0.6 is 0 Å². The van der Waals surface area contributed by atoms with E-state index in [0.717, 1.165) is 18.4 Å². The molecule has 2 aliphatic heterocycles. The van der Waals surface area contributed by atoms with Crippen molar-refractivity contribution < 1.29 is 39.4 Å². The molecule has 164 valence electrons. The van der Waals surface area contributed by atoms with Crippen LogP contribution in [0, 0.1) is 11.8 Å². The van der Waals surface area contributed by atoms with Crippen LogP contribution in [-0.2, 0) is 19.0 Å². The third-order valence-corrected chi connectivity index (χ3v) is 6.32. The Hall–Kier alpha value is -1.29. The van der Waals surface area contributed by atoms with Gasteiger partial charge in [0.15, 0.2) is 6.29 Å². The van der Waals surface area contributed by atoms with E-state index in [-0.39, 0.29) is 23.9 Å². The molecule has 2 fully saturated rings. The Morgan fingerprint density at radius 3 is 2.59 bits per heavy atom. The molecule has 0 saturated carbocycles. The molecule has 8 nitrogen and oxygen atoms in total. The molecule has 0 aromatic rings. The maximum Gasteiger partial charge on any atom is 0.309 e. The Balaban J connectivity index is 1.82. The van der Waals surface area contributed by atoms with Gasteiger partial charge in [0.05, 0.1) is 18.6 Å². The van der Waals surface area contributed by atoms with Crippen molar-refractivity contribution in [2.24, 2.45) is 11.8 Å². The summed E-state index contributed by atoms with van der Waals surface area (Å²) in [6, 6.07) is 0. The lowest BCUT2D eigenvalue weighted by atomic mass is 9.84. The molecule has 0 amide bonds. The largest absolute Gasteiger partial charge is 0.458 e. The van der Waals surface area contributed by atoms with Crippen molar-refractivity contribution >= 4 is 5.97 Å². The molecule has 1 aliphatic carbocycles. The second kappa shape index (κ2) is 9.24. The van der Waals surface area contributed by atoms with Gasteiger partial charge in [-0.2, -0.15) is 0 Å². The summed E-state index contributed by atoms with van der Waals surface area (Å²) in [5, 5.41) is 39.6. The lowest BCUT2D eigenvalue weighted by Crippen LogP contribution is -2.59. The number of hydrogen-bond acceptors (Lipinski definition) is 8. The first-order chi connectivity index (χ1) is 13.7. The van der Waals surface area contributed by atoms with Crippen molar-refractivity contribution in [3.8, 4) is 0 Å². The second-order valence-electron chi connectivity index (χ2n) is 8.41. The van der Waals surface area contributed by atoms with Crippen LogP contribution < -0.4 is 0 Å². The molecular formula is C21H32O8. The predicted molar refractivity (Wildman–Crippen MR) is 103 cm³/mol. The molecule has 3 rings (SSSR count). The molecule has 9 atom stereocenters. The summed E-state index contributed by atoms with van der Waals surface area (Å²) in [6.07, 6.45) is -1.25. The summed E-state index contributed by atoms with van der Waals surface area (Å²) in [5.74, 6) is -0.274. The monoisotopic (exact) mass is 412 g/mol. The summed E-state index contributed by atoms with van der Waals surface area (Å²) in [4.78, 5) is 12.1. The number of aliphatic hydroxyl groups excluding tert-OH is 4. The van der Waals surface area contributed by atoms with Crippen LogP contribution in [0.5, 0.6) is 0 Å². The van der Waals surface area contributed by atoms with Gasteiger partial charge in [-0.25, -0.2) is 0 Å². The van der Waals surface area contributed by atoms with Crippen LogP contribution in [0.1, 0.15) is 40.0 Å². The highest BCUT2D eigenvalue weighted by Crippen LogP contribution is 2.36. The van der Waals surface area contributed by atoms with E-state index in [4.69, 9.17) is 14.2 Å². The second-order valence-corrected chi connectivity index (χ2v) is 8.41. The highest BCUT2D eigenvalue weighted by molar-refractivity contribution is 5.75. The number of hydrogen-bond donors (Lipinski definition) is 4. The SMILES string of the molecule is CC1=CCC(OC2OC(CO)C(O)C(O)C2O)C(C)=CC2OC(=O)C(C)C2CC1. The number of carbonyl (C=O) groups is 1. The van der Waals surface area contributed by atoms with Crippen molar-refractivity contribution in [3.05, 3.63) is 23.3 Å². The third kappa shape index (κ3) is 4.73. The van der Waals surface area contributed by atoms with Crippen molar-refractivity contribution in [1.29, 1.82) is 0 Å². The molecule has 3 aliphatic rings. The highest BCUT2D eigenvalue weighted by atomic mass is 16.7. The summed E-state index contributed by atoms with van der Waals surface area (Å²) >= 11 is 0. The lowest BCUT2D eigenvalue weighted by Gasteiger charge is -2.41. The van der Waals surface area contributed by atoms with Crippen molar-refractivity contribution in [3.63, 3.8) is 0 Å². The van der Waals surface area contributed by atoms with Crippen LogP contribution in [0.4, 0.5) is 0 Å². The fourth-order valence-corrected chi connectivity index (χ4v) is 4.22. The smallest absolute Gasteiger partial charge is 0.309 e. The maximum atomic E-state index is 12.1. The zero-order chi connectivity index (χ0) is 21.3. The molecule has 4 N–H and O–H groups in total. The van der Waals surface area contributed by atoms with E-state index in [0.29, 0.717) is 6.42 Å². The summed E-state index contributed by atoms with van der Waals surface area (Å²) in [5.41, 5.74) is 2.00. The molecule has 8 heteroatoms.